The molecule has 2 aliphatic rings. The minimum absolute atomic E-state index is 0.126. The molecule has 2 rings (SSSR count). The highest BCUT2D eigenvalue weighted by atomic mass is 16.2. The van der Waals surface area contributed by atoms with Crippen LogP contribution in [0.2, 0.25) is 0 Å². The number of rotatable bonds is 5. The number of fused-ring (bicyclic) bond motifs is 1. The lowest BCUT2D eigenvalue weighted by Gasteiger charge is -2.57. The van der Waals surface area contributed by atoms with Crippen molar-refractivity contribution in [1.29, 1.82) is 0 Å². The number of aliphatic hydroxyl groups excluding tert-OH is 1. The Morgan fingerprint density at radius 3 is 2.77 bits per heavy atom. The van der Waals surface area contributed by atoms with Gasteiger partial charge in [-0.15, -0.1) is 0 Å². The molecule has 0 aromatic rings. The Labute approximate surface area is 135 Å². The molecule has 2 heteroatoms. The molecule has 22 heavy (non-hydrogen) atoms. The van der Waals surface area contributed by atoms with Crippen LogP contribution in [0.5, 0.6) is 0 Å². The summed E-state index contributed by atoms with van der Waals surface area (Å²) in [5.74, 6) is 0.997. The molecular formula is C20H32O2. The van der Waals surface area contributed by atoms with E-state index in [1.807, 2.05) is 6.08 Å². The summed E-state index contributed by atoms with van der Waals surface area (Å²) in [6, 6.07) is 0. The van der Waals surface area contributed by atoms with Crippen molar-refractivity contribution in [1.82, 2.24) is 0 Å². The Bertz CT molecular complexity index is 464. The van der Waals surface area contributed by atoms with Gasteiger partial charge in [0.2, 0.25) is 0 Å². The van der Waals surface area contributed by atoms with Crippen LogP contribution in [0.15, 0.2) is 23.8 Å². The average Bonchev–Trinajstić information content (AvgIpc) is 2.46. The molecule has 0 bridgehead atoms. The predicted molar refractivity (Wildman–Crippen MR) is 91.6 cm³/mol. The van der Waals surface area contributed by atoms with E-state index in [0.29, 0.717) is 11.8 Å². The molecule has 0 spiro atoms. The number of allylic oxidation sites excluding steroid dienone is 2. The SMILES string of the molecule is C=C1CCC2C(C)(C=O)CCCC2(C)C1CCC(C)=CCO. The van der Waals surface area contributed by atoms with Gasteiger partial charge >= 0.3 is 0 Å². The fourth-order valence-electron chi connectivity index (χ4n) is 5.30. The molecule has 4 unspecified atom stereocenters. The minimum Gasteiger partial charge on any atom is -0.392 e. The minimum atomic E-state index is -0.151. The second-order valence-electron chi connectivity index (χ2n) is 8.06. The molecule has 0 aromatic carbocycles. The highest BCUT2D eigenvalue weighted by molar-refractivity contribution is 5.60. The summed E-state index contributed by atoms with van der Waals surface area (Å²) in [4.78, 5) is 11.8. The molecule has 0 amide bonds. The summed E-state index contributed by atoms with van der Waals surface area (Å²) < 4.78 is 0. The molecule has 2 fully saturated rings. The van der Waals surface area contributed by atoms with Crippen LogP contribution in [0.1, 0.15) is 65.7 Å². The molecule has 0 aliphatic heterocycles. The normalized spacial score (nSPS) is 39.5. The molecule has 4 atom stereocenters. The van der Waals surface area contributed by atoms with E-state index >= 15 is 0 Å². The summed E-state index contributed by atoms with van der Waals surface area (Å²) in [5.41, 5.74) is 2.70. The maximum atomic E-state index is 11.8. The lowest BCUT2D eigenvalue weighted by atomic mass is 9.47. The Kier molecular flexibility index (Phi) is 5.32. The molecular weight excluding hydrogens is 272 g/mol. The summed E-state index contributed by atoms with van der Waals surface area (Å²) in [6.45, 7) is 11.2. The standard InChI is InChI=1S/C20H32O2/c1-15(10-13-21)6-8-17-16(2)7-9-18-19(3,14-22)11-5-12-20(17,18)4/h10,14,17-18,21H,2,5-9,11-13H2,1,3-4H3. The smallest absolute Gasteiger partial charge is 0.126 e. The van der Waals surface area contributed by atoms with Gasteiger partial charge in [0.15, 0.2) is 0 Å². The van der Waals surface area contributed by atoms with Crippen LogP contribution < -0.4 is 0 Å². The van der Waals surface area contributed by atoms with E-state index in [1.165, 1.54) is 23.9 Å². The van der Waals surface area contributed by atoms with Crippen molar-refractivity contribution >= 4 is 6.29 Å². The van der Waals surface area contributed by atoms with E-state index in [4.69, 9.17) is 5.11 Å². The molecule has 0 radical (unpaired) electrons. The van der Waals surface area contributed by atoms with Crippen LogP contribution >= 0.6 is 0 Å². The van der Waals surface area contributed by atoms with Crippen LogP contribution in [0.25, 0.3) is 0 Å². The van der Waals surface area contributed by atoms with Crippen molar-refractivity contribution in [2.45, 2.75) is 65.7 Å². The highest BCUT2D eigenvalue weighted by Crippen LogP contribution is 2.61. The van der Waals surface area contributed by atoms with Crippen LogP contribution in [0.4, 0.5) is 0 Å². The number of carbonyl (C=O) groups excluding carboxylic acids is 1. The first kappa shape index (κ1) is 17.5. The van der Waals surface area contributed by atoms with Gasteiger partial charge in [0.05, 0.1) is 6.61 Å². The lowest BCUT2D eigenvalue weighted by molar-refractivity contribution is -0.130. The third kappa shape index (κ3) is 3.08. The second kappa shape index (κ2) is 6.70. The first-order valence-electron chi connectivity index (χ1n) is 8.78. The Morgan fingerprint density at radius 2 is 2.14 bits per heavy atom. The summed E-state index contributed by atoms with van der Waals surface area (Å²) in [6.07, 6.45) is 10.8. The molecule has 2 saturated carbocycles. The molecule has 2 nitrogen and oxygen atoms in total. The van der Waals surface area contributed by atoms with Gasteiger partial charge in [0.1, 0.15) is 6.29 Å². The van der Waals surface area contributed by atoms with Crippen LogP contribution in [-0.4, -0.2) is 18.0 Å². The molecule has 0 saturated heterocycles. The van der Waals surface area contributed by atoms with Crippen LogP contribution in [-0.2, 0) is 4.79 Å². The summed E-state index contributed by atoms with van der Waals surface area (Å²) in [7, 11) is 0. The van der Waals surface area contributed by atoms with Crippen LogP contribution in [0, 0.1) is 22.7 Å². The van der Waals surface area contributed by atoms with Crippen molar-refractivity contribution in [2.24, 2.45) is 22.7 Å². The van der Waals surface area contributed by atoms with Gasteiger partial charge < -0.3 is 9.90 Å². The monoisotopic (exact) mass is 304 g/mol. The number of aldehydes is 1. The molecule has 1 N–H and O–H groups in total. The summed E-state index contributed by atoms with van der Waals surface area (Å²) in [5, 5.41) is 9.03. The second-order valence-corrected chi connectivity index (χ2v) is 8.06. The fraction of sp³-hybridized carbons (Fsp3) is 0.750. The molecule has 2 aliphatic carbocycles. The first-order valence-corrected chi connectivity index (χ1v) is 8.78. The quantitative estimate of drug-likeness (QED) is 0.591. The van der Waals surface area contributed by atoms with Crippen LogP contribution in [0.3, 0.4) is 0 Å². The average molecular weight is 304 g/mol. The third-order valence-electron chi connectivity index (χ3n) is 6.60. The number of aliphatic hydroxyl groups is 1. The zero-order valence-corrected chi connectivity index (χ0v) is 14.5. The van der Waals surface area contributed by atoms with Gasteiger partial charge in [-0.2, -0.15) is 0 Å². The van der Waals surface area contributed by atoms with Crippen molar-refractivity contribution in [3.63, 3.8) is 0 Å². The van der Waals surface area contributed by atoms with E-state index in [1.54, 1.807) is 0 Å². The largest absolute Gasteiger partial charge is 0.392 e. The van der Waals surface area contributed by atoms with Crippen molar-refractivity contribution < 1.29 is 9.90 Å². The maximum Gasteiger partial charge on any atom is 0.126 e. The third-order valence-corrected chi connectivity index (χ3v) is 6.60. The van der Waals surface area contributed by atoms with E-state index in [0.717, 1.165) is 38.5 Å². The number of hydrogen-bond donors (Lipinski definition) is 1. The summed E-state index contributed by atoms with van der Waals surface area (Å²) >= 11 is 0. The number of hydrogen-bond acceptors (Lipinski definition) is 2. The van der Waals surface area contributed by atoms with Gasteiger partial charge in [0.25, 0.3) is 0 Å². The zero-order valence-electron chi connectivity index (χ0n) is 14.5. The molecule has 0 heterocycles. The maximum absolute atomic E-state index is 11.8. The predicted octanol–water partition coefficient (Wildman–Crippen LogP) is 4.68. The van der Waals surface area contributed by atoms with Gasteiger partial charge in [-0.25, -0.2) is 0 Å². The Morgan fingerprint density at radius 1 is 1.41 bits per heavy atom. The van der Waals surface area contributed by atoms with Gasteiger partial charge in [-0.05, 0) is 62.7 Å². The first-order chi connectivity index (χ1) is 10.4. The highest BCUT2D eigenvalue weighted by Gasteiger charge is 2.54. The zero-order chi connectivity index (χ0) is 16.4. The van der Waals surface area contributed by atoms with Crippen molar-refractivity contribution in [3.05, 3.63) is 23.8 Å². The molecule has 124 valence electrons. The van der Waals surface area contributed by atoms with Crippen molar-refractivity contribution in [3.8, 4) is 0 Å². The van der Waals surface area contributed by atoms with E-state index < -0.39 is 0 Å². The van der Waals surface area contributed by atoms with E-state index in [-0.39, 0.29) is 17.4 Å². The van der Waals surface area contributed by atoms with Gasteiger partial charge in [-0.1, -0.05) is 44.1 Å². The van der Waals surface area contributed by atoms with Gasteiger partial charge in [0, 0.05) is 5.41 Å². The Hall–Kier alpha value is -0.890. The topological polar surface area (TPSA) is 37.3 Å². The van der Waals surface area contributed by atoms with Crippen molar-refractivity contribution in [2.75, 3.05) is 6.61 Å². The number of carbonyl (C=O) groups is 1. The van der Waals surface area contributed by atoms with Gasteiger partial charge in [-0.3, -0.25) is 0 Å². The fourth-order valence-corrected chi connectivity index (χ4v) is 5.30. The lowest BCUT2D eigenvalue weighted by Crippen LogP contribution is -2.51. The molecule has 0 aromatic heterocycles. The Balaban J connectivity index is 2.22. The van der Waals surface area contributed by atoms with E-state index in [2.05, 4.69) is 27.4 Å². The van der Waals surface area contributed by atoms with E-state index in [9.17, 15) is 4.79 Å².